The lowest BCUT2D eigenvalue weighted by Crippen LogP contribution is -2.47. The van der Waals surface area contributed by atoms with Crippen LogP contribution in [-0.2, 0) is 16.1 Å². The molecule has 2 saturated heterocycles. The van der Waals surface area contributed by atoms with Crippen molar-refractivity contribution in [2.75, 3.05) is 19.7 Å². The minimum absolute atomic E-state index is 0.109. The number of hydrogen-bond acceptors (Lipinski definition) is 6. The minimum Gasteiger partial charge on any atom is -0.507 e. The number of fused-ring (bicyclic) bond motifs is 1. The predicted octanol–water partition coefficient (Wildman–Crippen LogP) is 5.68. The molecule has 5 rings (SSSR count). The number of aliphatic hydroxyl groups is 2. The highest BCUT2D eigenvalue weighted by Crippen LogP contribution is 2.48. The zero-order chi connectivity index (χ0) is 30.7. The average molecular weight is 652 g/mol. The molecule has 3 aliphatic rings. The van der Waals surface area contributed by atoms with Crippen LogP contribution in [0.1, 0.15) is 63.5 Å². The molecule has 3 N–H and O–H groups in total. The van der Waals surface area contributed by atoms with Crippen LogP contribution in [-0.4, -0.2) is 68.8 Å². The van der Waals surface area contributed by atoms with Crippen molar-refractivity contribution >= 4 is 33.8 Å². The van der Waals surface area contributed by atoms with Gasteiger partial charge in [-0.05, 0) is 74.8 Å². The molecule has 0 spiro atoms. The summed E-state index contributed by atoms with van der Waals surface area (Å²) in [5, 5.41) is 32.3. The van der Waals surface area contributed by atoms with Gasteiger partial charge in [-0.15, -0.1) is 0 Å². The Morgan fingerprint density at radius 3 is 2.49 bits per heavy atom. The summed E-state index contributed by atoms with van der Waals surface area (Å²) in [5.74, 6) is -1.77. The summed E-state index contributed by atoms with van der Waals surface area (Å²) >= 11 is 3.44. The van der Waals surface area contributed by atoms with Crippen molar-refractivity contribution in [1.82, 2.24) is 9.80 Å². The maximum absolute atomic E-state index is 13.9. The predicted molar refractivity (Wildman–Crippen MR) is 171 cm³/mol. The van der Waals surface area contributed by atoms with Gasteiger partial charge in [-0.2, -0.15) is 0 Å². The van der Waals surface area contributed by atoms with Crippen LogP contribution in [0.3, 0.4) is 0 Å². The molecule has 43 heavy (non-hydrogen) atoms. The lowest BCUT2D eigenvalue weighted by Gasteiger charge is -2.37. The fraction of sp³-hybridized carbons (Fsp3) is 0.486. The molecule has 0 aromatic heterocycles. The van der Waals surface area contributed by atoms with Crippen molar-refractivity contribution in [2.45, 2.75) is 71.1 Å². The largest absolute Gasteiger partial charge is 0.507 e. The zero-order valence-corrected chi connectivity index (χ0v) is 26.7. The number of allylic oxidation sites excluding steroid dienone is 2. The standard InChI is InChI=1S/C35H43BrN2O5/c1-3-24-19-28-33(29(21-39)32(24)31(41)11-9-22(2)17-25-18-26(36)10-12-30(25)40)35(43)38(34(28)42)27-13-15-37(16-14-27)20-23-7-5-4-6-8-23/h4-8,10,12,17-18,27-29,31,33,39-41H,3,9,11,13-16,19-21H2,1-2H3/b22-17+/t28-,29+,31-,33-/m1/s1. The van der Waals surface area contributed by atoms with Crippen LogP contribution in [0.2, 0.25) is 0 Å². The highest BCUT2D eigenvalue weighted by atomic mass is 79.9. The summed E-state index contributed by atoms with van der Waals surface area (Å²) in [6.45, 7) is 6.20. The number of rotatable bonds is 10. The fourth-order valence-corrected chi connectivity index (χ4v) is 7.74. The molecule has 2 aromatic rings. The smallest absolute Gasteiger partial charge is 0.234 e. The van der Waals surface area contributed by atoms with E-state index in [2.05, 4.69) is 33.0 Å². The van der Waals surface area contributed by atoms with Gasteiger partial charge in [0.2, 0.25) is 11.8 Å². The molecule has 2 amide bonds. The number of halogens is 1. The van der Waals surface area contributed by atoms with Crippen LogP contribution in [0, 0.1) is 17.8 Å². The number of piperidine rings is 1. The van der Waals surface area contributed by atoms with E-state index in [9.17, 15) is 24.9 Å². The van der Waals surface area contributed by atoms with Crippen molar-refractivity contribution in [3.05, 3.63) is 80.8 Å². The molecule has 230 valence electrons. The van der Waals surface area contributed by atoms with Crippen molar-refractivity contribution in [3.63, 3.8) is 0 Å². The summed E-state index contributed by atoms with van der Waals surface area (Å²) in [4.78, 5) is 31.6. The van der Waals surface area contributed by atoms with Crippen LogP contribution in [0.4, 0.5) is 0 Å². The van der Waals surface area contributed by atoms with Gasteiger partial charge in [-0.25, -0.2) is 0 Å². The number of likely N-dealkylation sites (tertiary alicyclic amines) is 2. The van der Waals surface area contributed by atoms with Gasteiger partial charge in [0, 0.05) is 41.6 Å². The number of aromatic hydroxyl groups is 1. The Kier molecular flexibility index (Phi) is 10.2. The third-order valence-electron chi connectivity index (χ3n) is 9.58. The normalized spacial score (nSPS) is 24.5. The van der Waals surface area contributed by atoms with Gasteiger partial charge in [-0.3, -0.25) is 19.4 Å². The number of imide groups is 1. The number of amides is 2. The first-order valence-electron chi connectivity index (χ1n) is 15.5. The second-order valence-corrected chi connectivity index (χ2v) is 13.2. The van der Waals surface area contributed by atoms with E-state index in [1.807, 2.05) is 44.2 Å². The van der Waals surface area contributed by atoms with Gasteiger partial charge in [0.25, 0.3) is 0 Å². The maximum Gasteiger partial charge on any atom is 0.234 e. The Labute approximate surface area is 263 Å². The summed E-state index contributed by atoms with van der Waals surface area (Å²) in [6, 6.07) is 15.5. The van der Waals surface area contributed by atoms with Crippen molar-refractivity contribution in [3.8, 4) is 5.75 Å². The van der Waals surface area contributed by atoms with Crippen LogP contribution in [0.15, 0.2) is 69.7 Å². The van der Waals surface area contributed by atoms with Crippen molar-refractivity contribution in [1.29, 1.82) is 0 Å². The average Bonchev–Trinajstić information content (AvgIpc) is 3.26. The number of carbonyl (C=O) groups excluding carboxylic acids is 2. The van der Waals surface area contributed by atoms with Gasteiger partial charge in [0.15, 0.2) is 0 Å². The van der Waals surface area contributed by atoms with Crippen LogP contribution >= 0.6 is 15.9 Å². The van der Waals surface area contributed by atoms with E-state index in [1.54, 1.807) is 12.1 Å². The molecule has 0 unspecified atom stereocenters. The Hall–Kier alpha value is -2.78. The third kappa shape index (κ3) is 6.83. The second-order valence-electron chi connectivity index (χ2n) is 12.3. The molecule has 1 aliphatic carbocycles. The number of benzene rings is 2. The molecule has 7 nitrogen and oxygen atoms in total. The Morgan fingerprint density at radius 2 is 1.81 bits per heavy atom. The van der Waals surface area contributed by atoms with E-state index in [4.69, 9.17) is 0 Å². The van der Waals surface area contributed by atoms with Gasteiger partial charge in [0.1, 0.15) is 5.75 Å². The minimum atomic E-state index is -0.828. The molecule has 0 saturated carbocycles. The first-order chi connectivity index (χ1) is 20.7. The molecule has 4 atom stereocenters. The number of hydrogen-bond donors (Lipinski definition) is 3. The maximum atomic E-state index is 13.9. The Morgan fingerprint density at radius 1 is 1.09 bits per heavy atom. The molecular weight excluding hydrogens is 608 g/mol. The quantitative estimate of drug-likeness (QED) is 0.226. The fourth-order valence-electron chi connectivity index (χ4n) is 7.36. The lowest BCUT2D eigenvalue weighted by atomic mass is 9.67. The number of phenols is 1. The molecule has 2 fully saturated rings. The van der Waals surface area contributed by atoms with E-state index in [0.29, 0.717) is 31.2 Å². The first kappa shape index (κ1) is 31.6. The van der Waals surface area contributed by atoms with E-state index in [1.165, 1.54) is 10.5 Å². The van der Waals surface area contributed by atoms with Gasteiger partial charge < -0.3 is 15.3 Å². The monoisotopic (exact) mass is 650 g/mol. The molecule has 0 bridgehead atoms. The third-order valence-corrected chi connectivity index (χ3v) is 10.1. The van der Waals surface area contributed by atoms with Crippen molar-refractivity contribution in [2.24, 2.45) is 17.8 Å². The van der Waals surface area contributed by atoms with Crippen LogP contribution in [0.5, 0.6) is 5.75 Å². The van der Waals surface area contributed by atoms with Gasteiger partial charge in [0.05, 0.1) is 24.5 Å². The summed E-state index contributed by atoms with van der Waals surface area (Å²) in [7, 11) is 0. The number of carbonyl (C=O) groups is 2. The van der Waals surface area contributed by atoms with E-state index in [-0.39, 0.29) is 30.2 Å². The van der Waals surface area contributed by atoms with Crippen LogP contribution in [0.25, 0.3) is 6.08 Å². The molecule has 2 aliphatic heterocycles. The molecule has 2 aromatic carbocycles. The highest BCUT2D eigenvalue weighted by Gasteiger charge is 2.56. The van der Waals surface area contributed by atoms with E-state index in [0.717, 1.165) is 53.7 Å². The van der Waals surface area contributed by atoms with E-state index < -0.39 is 23.9 Å². The summed E-state index contributed by atoms with van der Waals surface area (Å²) in [6.07, 6.45) is 4.70. The Bertz CT molecular complexity index is 1380. The lowest BCUT2D eigenvalue weighted by molar-refractivity contribution is -0.144. The van der Waals surface area contributed by atoms with Crippen LogP contribution < -0.4 is 0 Å². The van der Waals surface area contributed by atoms with E-state index >= 15 is 0 Å². The second kappa shape index (κ2) is 13.9. The van der Waals surface area contributed by atoms with Gasteiger partial charge in [-0.1, -0.05) is 70.4 Å². The number of nitrogens with zero attached hydrogens (tertiary/aromatic N) is 2. The molecule has 0 radical (unpaired) electrons. The molecule has 8 heteroatoms. The molecular formula is C35H43BrN2O5. The number of phenolic OH excluding ortho intramolecular Hbond substituents is 1. The van der Waals surface area contributed by atoms with Crippen molar-refractivity contribution < 1.29 is 24.9 Å². The summed E-state index contributed by atoms with van der Waals surface area (Å²) in [5.41, 5.74) is 4.68. The first-order valence-corrected chi connectivity index (χ1v) is 16.3. The Balaban J connectivity index is 1.27. The number of aliphatic hydroxyl groups excluding tert-OH is 2. The zero-order valence-electron chi connectivity index (χ0n) is 25.1. The van der Waals surface area contributed by atoms with Gasteiger partial charge >= 0.3 is 0 Å². The molecule has 2 heterocycles. The SMILES string of the molecule is CCC1=C([C@H](O)CC/C(C)=C/c2cc(Br)ccc2O)[C@H](CO)[C@@H]2C(=O)N(C3CCN(Cc4ccccc4)CC3)C(=O)[C@@H]2C1. The topological polar surface area (TPSA) is 101 Å². The summed E-state index contributed by atoms with van der Waals surface area (Å²) < 4.78 is 0.868. The highest BCUT2D eigenvalue weighted by molar-refractivity contribution is 9.10.